The Balaban J connectivity index is 1.49. The second-order valence-electron chi connectivity index (χ2n) is 8.69. The average Bonchev–Trinajstić information content (AvgIpc) is 3.47. The highest BCUT2D eigenvalue weighted by Crippen LogP contribution is 2.39. The summed E-state index contributed by atoms with van der Waals surface area (Å²) in [6.07, 6.45) is -1.95. The molecule has 3 N–H and O–H groups in total. The summed E-state index contributed by atoms with van der Waals surface area (Å²) in [6.45, 7) is 0.315. The lowest BCUT2D eigenvalue weighted by Crippen LogP contribution is -2.38. The van der Waals surface area contributed by atoms with Crippen molar-refractivity contribution in [2.24, 2.45) is 0 Å². The van der Waals surface area contributed by atoms with Crippen molar-refractivity contribution in [1.29, 1.82) is 0 Å². The highest BCUT2D eigenvalue weighted by atomic mass is 19.4. The van der Waals surface area contributed by atoms with Crippen molar-refractivity contribution in [3.8, 4) is 16.9 Å². The number of benzene rings is 2. The molecule has 6 rings (SSSR count). The summed E-state index contributed by atoms with van der Waals surface area (Å²) in [5.41, 5.74) is 5.96. The Kier molecular flexibility index (Phi) is 5.12. The number of nitrogens with one attached hydrogen (secondary N) is 1. The van der Waals surface area contributed by atoms with Gasteiger partial charge in [-0.05, 0) is 42.5 Å². The quantitative estimate of drug-likeness (QED) is 0.338. The first-order chi connectivity index (χ1) is 18.1. The van der Waals surface area contributed by atoms with Crippen LogP contribution in [0.3, 0.4) is 0 Å². The number of hydrogen-bond acceptors (Lipinski definition) is 7. The van der Waals surface area contributed by atoms with Crippen molar-refractivity contribution in [3.63, 3.8) is 0 Å². The lowest BCUT2D eigenvalue weighted by atomic mass is 10.0. The molecule has 38 heavy (non-hydrogen) atoms. The van der Waals surface area contributed by atoms with Crippen LogP contribution in [0.15, 0.2) is 59.3 Å². The van der Waals surface area contributed by atoms with Crippen LogP contribution in [-0.2, 0) is 11.0 Å². The number of aromatic nitrogens is 4. The average molecular weight is 523 g/mol. The van der Waals surface area contributed by atoms with Gasteiger partial charge in [0, 0.05) is 41.5 Å². The molecule has 2 aromatic carbocycles. The van der Waals surface area contributed by atoms with E-state index in [2.05, 4.69) is 20.6 Å². The molecule has 9 nitrogen and oxygen atoms in total. The molecule has 3 aromatic heterocycles. The minimum absolute atomic E-state index is 0.0223. The number of pyridine rings is 1. The lowest BCUT2D eigenvalue weighted by Gasteiger charge is -2.24. The third-order valence-electron chi connectivity index (χ3n) is 6.28. The van der Waals surface area contributed by atoms with Gasteiger partial charge in [0.25, 0.3) is 0 Å². The Morgan fingerprint density at radius 2 is 1.92 bits per heavy atom. The minimum atomic E-state index is -4.83. The topological polar surface area (TPSA) is 115 Å². The van der Waals surface area contributed by atoms with Crippen LogP contribution in [0.1, 0.15) is 11.3 Å². The number of likely N-dealkylation sites (N-methyl/N-ethyl adjacent to an activating group) is 1. The van der Waals surface area contributed by atoms with Crippen molar-refractivity contribution < 1.29 is 26.9 Å². The summed E-state index contributed by atoms with van der Waals surface area (Å²) in [5, 5.41) is 10.4. The van der Waals surface area contributed by atoms with Gasteiger partial charge in [-0.2, -0.15) is 18.3 Å². The molecule has 0 atom stereocenters. The van der Waals surface area contributed by atoms with E-state index in [4.69, 9.17) is 10.3 Å². The molecule has 0 unspecified atom stereocenters. The van der Waals surface area contributed by atoms with E-state index in [1.165, 1.54) is 53.6 Å². The highest BCUT2D eigenvalue weighted by molar-refractivity contribution is 5.96. The number of rotatable bonds is 3. The number of anilines is 1. The van der Waals surface area contributed by atoms with Gasteiger partial charge in [0.05, 0.1) is 23.4 Å². The summed E-state index contributed by atoms with van der Waals surface area (Å²) < 4.78 is 63.5. The number of nitrogens with zero attached hydrogens (tertiary/aromatic N) is 5. The molecule has 0 bridgehead atoms. The van der Waals surface area contributed by atoms with E-state index < -0.39 is 23.1 Å². The van der Waals surface area contributed by atoms with Crippen LogP contribution < -0.4 is 11.1 Å². The number of hydrogen-bond donors (Lipinski definition) is 2. The maximum atomic E-state index is 16.0. The monoisotopic (exact) mass is 523 g/mol. The highest BCUT2D eigenvalue weighted by Gasteiger charge is 2.38. The number of nitrogens with two attached hydrogens (primary N) is 1. The molecule has 0 radical (unpaired) electrons. The van der Waals surface area contributed by atoms with Crippen molar-refractivity contribution in [2.45, 2.75) is 6.18 Å². The number of alkyl halides is 3. The van der Waals surface area contributed by atoms with Crippen molar-refractivity contribution in [1.82, 2.24) is 30.1 Å². The molecule has 13 heteroatoms. The van der Waals surface area contributed by atoms with E-state index in [0.29, 0.717) is 28.9 Å². The minimum Gasteiger partial charge on any atom is -0.380 e. The standard InChI is InChI=1S/C25H17F4N7O2/c1-35-11-32-18(9-20(35)37)12-2-6-17(31-10-12)14-4-5-15-22(21(14)26)36(33-23(15)25(27,28)29)13-3-7-19-16(8-13)24(30)34-38-19/h2-10,32H,11H2,1H3,(H2,30,34). The molecule has 0 fully saturated rings. The van der Waals surface area contributed by atoms with Gasteiger partial charge in [0.2, 0.25) is 5.91 Å². The Hall–Kier alpha value is -4.94. The van der Waals surface area contributed by atoms with Gasteiger partial charge in [0.15, 0.2) is 22.9 Å². The maximum Gasteiger partial charge on any atom is 0.435 e. The van der Waals surface area contributed by atoms with E-state index in [9.17, 15) is 18.0 Å². The molecule has 0 saturated heterocycles. The number of fused-ring (bicyclic) bond motifs is 2. The Morgan fingerprint density at radius 3 is 2.63 bits per heavy atom. The summed E-state index contributed by atoms with van der Waals surface area (Å²) in [7, 11) is 1.65. The lowest BCUT2D eigenvalue weighted by molar-refractivity contribution is -0.140. The fourth-order valence-corrected chi connectivity index (χ4v) is 4.30. The van der Waals surface area contributed by atoms with Crippen LogP contribution >= 0.6 is 0 Å². The first kappa shape index (κ1) is 23.5. The smallest absolute Gasteiger partial charge is 0.380 e. The van der Waals surface area contributed by atoms with E-state index in [0.717, 1.165) is 4.68 Å². The third kappa shape index (κ3) is 3.70. The number of amides is 1. The molecule has 0 saturated carbocycles. The van der Waals surface area contributed by atoms with Gasteiger partial charge in [0.1, 0.15) is 5.52 Å². The number of halogens is 4. The van der Waals surface area contributed by atoms with E-state index in [-0.39, 0.29) is 34.2 Å². The molecular weight excluding hydrogens is 506 g/mol. The maximum absolute atomic E-state index is 16.0. The van der Waals surface area contributed by atoms with Gasteiger partial charge in [-0.3, -0.25) is 9.78 Å². The van der Waals surface area contributed by atoms with Crippen molar-refractivity contribution in [2.75, 3.05) is 19.5 Å². The van der Waals surface area contributed by atoms with Crippen LogP contribution in [0.4, 0.5) is 23.4 Å². The van der Waals surface area contributed by atoms with Crippen LogP contribution in [0.5, 0.6) is 0 Å². The van der Waals surface area contributed by atoms with Crippen LogP contribution in [0.25, 0.3) is 44.5 Å². The van der Waals surface area contributed by atoms with E-state index >= 15 is 4.39 Å². The summed E-state index contributed by atoms with van der Waals surface area (Å²) in [5.74, 6) is -1.08. The Labute approximate surface area is 211 Å². The molecule has 192 valence electrons. The largest absolute Gasteiger partial charge is 0.435 e. The summed E-state index contributed by atoms with van der Waals surface area (Å²) in [6, 6.07) is 9.90. The molecule has 1 aliphatic heterocycles. The van der Waals surface area contributed by atoms with Crippen molar-refractivity contribution >= 4 is 39.3 Å². The Bertz CT molecular complexity index is 1770. The van der Waals surface area contributed by atoms with Gasteiger partial charge >= 0.3 is 6.18 Å². The van der Waals surface area contributed by atoms with E-state index in [1.54, 1.807) is 13.1 Å². The molecule has 4 heterocycles. The number of carbonyl (C=O) groups is 1. The zero-order valence-electron chi connectivity index (χ0n) is 19.5. The summed E-state index contributed by atoms with van der Waals surface area (Å²) >= 11 is 0. The zero-order valence-corrected chi connectivity index (χ0v) is 19.5. The fraction of sp³-hybridized carbons (Fsp3) is 0.120. The first-order valence-electron chi connectivity index (χ1n) is 11.2. The first-order valence-corrected chi connectivity index (χ1v) is 11.2. The molecule has 1 amide bonds. The van der Waals surface area contributed by atoms with Gasteiger partial charge < -0.3 is 20.5 Å². The predicted molar refractivity (Wildman–Crippen MR) is 130 cm³/mol. The fourth-order valence-electron chi connectivity index (χ4n) is 4.30. The normalized spacial score (nSPS) is 14.3. The zero-order chi connectivity index (χ0) is 26.8. The van der Waals surface area contributed by atoms with Crippen LogP contribution in [-0.4, -0.2) is 44.4 Å². The second kappa shape index (κ2) is 8.30. The third-order valence-corrected chi connectivity index (χ3v) is 6.28. The molecule has 1 aliphatic rings. The Morgan fingerprint density at radius 1 is 1.11 bits per heavy atom. The van der Waals surface area contributed by atoms with Crippen LogP contribution in [0.2, 0.25) is 0 Å². The molecule has 0 aliphatic carbocycles. The van der Waals surface area contributed by atoms with Gasteiger partial charge in [-0.25, -0.2) is 9.07 Å². The second-order valence-corrected chi connectivity index (χ2v) is 8.69. The molecule has 5 aromatic rings. The van der Waals surface area contributed by atoms with E-state index in [1.807, 2.05) is 0 Å². The SMILES string of the molecule is CN1CNC(c2ccc(-c3ccc4c(C(F)(F)F)nn(-c5ccc6onc(N)c6c5)c4c3F)nc2)=CC1=O. The number of carbonyl (C=O) groups excluding carboxylic acids is 1. The predicted octanol–water partition coefficient (Wildman–Crippen LogP) is 4.33. The van der Waals surface area contributed by atoms with Gasteiger partial charge in [-0.1, -0.05) is 5.16 Å². The van der Waals surface area contributed by atoms with Gasteiger partial charge in [-0.15, -0.1) is 0 Å². The van der Waals surface area contributed by atoms with Crippen LogP contribution in [0, 0.1) is 5.82 Å². The summed E-state index contributed by atoms with van der Waals surface area (Å²) in [4.78, 5) is 17.8. The number of nitrogen functional groups attached to an aromatic ring is 1. The molecule has 0 spiro atoms. The molecular formula is C25H17F4N7O2. The van der Waals surface area contributed by atoms with Crippen molar-refractivity contribution in [3.05, 3.63) is 71.8 Å².